The molecule has 0 N–H and O–H groups in total. The number of hydrogen-bond donors (Lipinski definition) is 0. The molecule has 0 aromatic heterocycles. The van der Waals surface area contributed by atoms with Gasteiger partial charge in [-0.2, -0.15) is 0 Å². The van der Waals surface area contributed by atoms with Crippen LogP contribution in [-0.4, -0.2) is 10.6 Å². The SMILES string of the molecule is CCC(=O)C(Br)Cc1ccc(F)c(F)c1. The summed E-state index contributed by atoms with van der Waals surface area (Å²) in [4.78, 5) is 10.9. The van der Waals surface area contributed by atoms with Gasteiger partial charge in [0, 0.05) is 6.42 Å². The van der Waals surface area contributed by atoms with Crippen molar-refractivity contribution in [3.63, 3.8) is 0 Å². The number of hydrogen-bond acceptors (Lipinski definition) is 1. The van der Waals surface area contributed by atoms with Gasteiger partial charge in [-0.3, -0.25) is 4.79 Å². The Bertz CT molecular complexity index is 366. The monoisotopic (exact) mass is 276 g/mol. The Morgan fingerprint density at radius 1 is 1.40 bits per heavy atom. The van der Waals surface area contributed by atoms with E-state index in [9.17, 15) is 13.6 Å². The molecule has 0 amide bonds. The van der Waals surface area contributed by atoms with Crippen LogP contribution in [0.15, 0.2) is 18.2 Å². The first-order valence-corrected chi connectivity index (χ1v) is 5.57. The molecule has 0 aliphatic rings. The number of benzene rings is 1. The van der Waals surface area contributed by atoms with Gasteiger partial charge in [0.1, 0.15) is 5.78 Å². The normalized spacial score (nSPS) is 12.5. The maximum absolute atomic E-state index is 12.8. The second kappa shape index (κ2) is 5.35. The van der Waals surface area contributed by atoms with Gasteiger partial charge in [0.15, 0.2) is 11.6 Å². The summed E-state index contributed by atoms with van der Waals surface area (Å²) in [6.45, 7) is 1.77. The fourth-order valence-electron chi connectivity index (χ4n) is 1.21. The van der Waals surface area contributed by atoms with Gasteiger partial charge >= 0.3 is 0 Å². The fraction of sp³-hybridized carbons (Fsp3) is 0.364. The first-order valence-electron chi connectivity index (χ1n) is 4.65. The van der Waals surface area contributed by atoms with Crippen molar-refractivity contribution in [2.24, 2.45) is 0 Å². The summed E-state index contributed by atoms with van der Waals surface area (Å²) < 4.78 is 25.4. The van der Waals surface area contributed by atoms with Crippen LogP contribution >= 0.6 is 15.9 Å². The van der Waals surface area contributed by atoms with E-state index in [0.717, 1.165) is 12.1 Å². The lowest BCUT2D eigenvalue weighted by Gasteiger charge is -2.07. The molecule has 0 aliphatic heterocycles. The van der Waals surface area contributed by atoms with E-state index in [4.69, 9.17) is 0 Å². The van der Waals surface area contributed by atoms with Crippen LogP contribution < -0.4 is 0 Å². The molecule has 1 atom stereocenters. The lowest BCUT2D eigenvalue weighted by atomic mass is 10.1. The van der Waals surface area contributed by atoms with Gasteiger partial charge in [0.2, 0.25) is 0 Å². The molecule has 1 aromatic rings. The molecule has 15 heavy (non-hydrogen) atoms. The number of alkyl halides is 1. The van der Waals surface area contributed by atoms with Crippen LogP contribution in [0.4, 0.5) is 8.78 Å². The van der Waals surface area contributed by atoms with Crippen LogP contribution in [0.2, 0.25) is 0 Å². The topological polar surface area (TPSA) is 17.1 Å². The third-order valence-corrected chi connectivity index (χ3v) is 2.93. The van der Waals surface area contributed by atoms with Crippen molar-refractivity contribution < 1.29 is 13.6 Å². The zero-order chi connectivity index (χ0) is 11.4. The predicted molar refractivity (Wildman–Crippen MR) is 58.1 cm³/mol. The highest BCUT2D eigenvalue weighted by atomic mass is 79.9. The highest BCUT2D eigenvalue weighted by Crippen LogP contribution is 2.15. The summed E-state index contributed by atoms with van der Waals surface area (Å²) in [5.41, 5.74) is 0.609. The average molecular weight is 277 g/mol. The molecule has 0 spiro atoms. The van der Waals surface area contributed by atoms with Crippen molar-refractivity contribution in [3.8, 4) is 0 Å². The smallest absolute Gasteiger partial charge is 0.159 e. The standard InChI is InChI=1S/C11H11BrF2O/c1-2-11(15)8(12)5-7-3-4-9(13)10(14)6-7/h3-4,6,8H,2,5H2,1H3. The van der Waals surface area contributed by atoms with Crippen molar-refractivity contribution in [1.29, 1.82) is 0 Å². The average Bonchev–Trinajstić information content (AvgIpc) is 2.22. The number of ketones is 1. The molecule has 0 heterocycles. The van der Waals surface area contributed by atoms with Gasteiger partial charge in [-0.05, 0) is 24.1 Å². The highest BCUT2D eigenvalue weighted by molar-refractivity contribution is 9.10. The van der Waals surface area contributed by atoms with Gasteiger partial charge in [-0.1, -0.05) is 28.9 Å². The number of halogens is 3. The Balaban J connectivity index is 2.73. The van der Waals surface area contributed by atoms with E-state index in [1.54, 1.807) is 6.92 Å². The Labute approximate surface area is 95.6 Å². The summed E-state index contributed by atoms with van der Waals surface area (Å²) in [5.74, 6) is -1.69. The third kappa shape index (κ3) is 3.38. The van der Waals surface area contributed by atoms with Gasteiger partial charge in [-0.25, -0.2) is 8.78 Å². The van der Waals surface area contributed by atoms with E-state index in [1.165, 1.54) is 6.07 Å². The van der Waals surface area contributed by atoms with E-state index < -0.39 is 11.6 Å². The summed E-state index contributed by atoms with van der Waals surface area (Å²) in [6.07, 6.45) is 0.809. The van der Waals surface area contributed by atoms with Gasteiger partial charge in [0.25, 0.3) is 0 Å². The largest absolute Gasteiger partial charge is 0.298 e. The van der Waals surface area contributed by atoms with Crippen molar-refractivity contribution in [2.75, 3.05) is 0 Å². The minimum absolute atomic E-state index is 0.0553. The van der Waals surface area contributed by atoms with Crippen LogP contribution in [0, 0.1) is 11.6 Å². The van der Waals surface area contributed by atoms with E-state index >= 15 is 0 Å². The van der Waals surface area contributed by atoms with E-state index in [-0.39, 0.29) is 10.6 Å². The quantitative estimate of drug-likeness (QED) is 0.772. The van der Waals surface area contributed by atoms with Crippen LogP contribution in [0.25, 0.3) is 0 Å². The molecule has 0 radical (unpaired) electrons. The Morgan fingerprint density at radius 2 is 2.07 bits per heavy atom. The molecular weight excluding hydrogens is 266 g/mol. The lowest BCUT2D eigenvalue weighted by molar-refractivity contribution is -0.118. The first kappa shape index (κ1) is 12.3. The minimum atomic E-state index is -0.879. The number of carbonyl (C=O) groups is 1. The number of carbonyl (C=O) groups excluding carboxylic acids is 1. The molecule has 1 aromatic carbocycles. The van der Waals surface area contributed by atoms with Gasteiger partial charge in [0.05, 0.1) is 4.83 Å². The predicted octanol–water partition coefficient (Wildman–Crippen LogP) is 3.25. The first-order chi connectivity index (χ1) is 7.04. The van der Waals surface area contributed by atoms with Crippen LogP contribution in [0.3, 0.4) is 0 Å². The molecule has 4 heteroatoms. The van der Waals surface area contributed by atoms with Crippen molar-refractivity contribution in [3.05, 3.63) is 35.4 Å². The lowest BCUT2D eigenvalue weighted by Crippen LogP contribution is -2.15. The van der Waals surface area contributed by atoms with Crippen molar-refractivity contribution in [2.45, 2.75) is 24.6 Å². The number of rotatable bonds is 4. The van der Waals surface area contributed by atoms with Crippen LogP contribution in [-0.2, 0) is 11.2 Å². The molecular formula is C11H11BrF2O. The Kier molecular flexibility index (Phi) is 4.39. The zero-order valence-electron chi connectivity index (χ0n) is 8.27. The molecule has 0 bridgehead atoms. The maximum Gasteiger partial charge on any atom is 0.159 e. The molecule has 82 valence electrons. The molecule has 1 rings (SSSR count). The molecule has 1 nitrogen and oxygen atoms in total. The van der Waals surface area contributed by atoms with E-state index in [1.807, 2.05) is 0 Å². The molecule has 0 fully saturated rings. The molecule has 0 aliphatic carbocycles. The second-order valence-electron chi connectivity index (χ2n) is 3.24. The van der Waals surface area contributed by atoms with Crippen LogP contribution in [0.5, 0.6) is 0 Å². The summed E-state index contributed by atoms with van der Waals surface area (Å²) in [7, 11) is 0. The molecule has 0 saturated heterocycles. The molecule has 0 saturated carbocycles. The van der Waals surface area contributed by atoms with E-state index in [0.29, 0.717) is 18.4 Å². The molecule has 1 unspecified atom stereocenters. The summed E-state index contributed by atoms with van der Waals surface area (Å²) in [5, 5.41) is 0. The summed E-state index contributed by atoms with van der Waals surface area (Å²) >= 11 is 3.22. The van der Waals surface area contributed by atoms with Crippen molar-refractivity contribution >= 4 is 21.7 Å². The zero-order valence-corrected chi connectivity index (χ0v) is 9.85. The summed E-state index contributed by atoms with van der Waals surface area (Å²) in [6, 6.07) is 3.67. The fourth-order valence-corrected chi connectivity index (χ4v) is 1.91. The Hall–Kier alpha value is -0.770. The maximum atomic E-state index is 12.8. The van der Waals surface area contributed by atoms with Gasteiger partial charge in [-0.15, -0.1) is 0 Å². The van der Waals surface area contributed by atoms with Crippen molar-refractivity contribution in [1.82, 2.24) is 0 Å². The Morgan fingerprint density at radius 3 is 2.60 bits per heavy atom. The van der Waals surface area contributed by atoms with E-state index in [2.05, 4.69) is 15.9 Å². The van der Waals surface area contributed by atoms with Gasteiger partial charge < -0.3 is 0 Å². The number of Topliss-reactive ketones (excluding diaryl/α,β-unsaturated/α-hetero) is 1. The second-order valence-corrected chi connectivity index (χ2v) is 4.35. The highest BCUT2D eigenvalue weighted by Gasteiger charge is 2.14. The van der Waals surface area contributed by atoms with Crippen LogP contribution in [0.1, 0.15) is 18.9 Å². The minimum Gasteiger partial charge on any atom is -0.298 e. The third-order valence-electron chi connectivity index (χ3n) is 2.10.